The molecule has 1 aromatic heterocycles. The van der Waals surface area contributed by atoms with Crippen LogP contribution < -0.4 is 5.32 Å². The van der Waals surface area contributed by atoms with Gasteiger partial charge in [0.1, 0.15) is 0 Å². The highest BCUT2D eigenvalue weighted by Gasteiger charge is 2.45. The summed E-state index contributed by atoms with van der Waals surface area (Å²) in [6.45, 7) is 2.37. The van der Waals surface area contributed by atoms with E-state index in [9.17, 15) is 0 Å². The number of rotatable bonds is 3. The molecule has 0 bridgehead atoms. The van der Waals surface area contributed by atoms with Crippen molar-refractivity contribution >= 4 is 10.8 Å². The maximum atomic E-state index is 4.20. The number of hydrogen-bond acceptors (Lipinski definition) is 2. The van der Waals surface area contributed by atoms with Crippen molar-refractivity contribution in [3.8, 4) is 0 Å². The van der Waals surface area contributed by atoms with Crippen LogP contribution in [0.3, 0.4) is 0 Å². The molecular formula is C15H18N2. The van der Waals surface area contributed by atoms with E-state index in [0.29, 0.717) is 11.5 Å². The first-order valence-corrected chi connectivity index (χ1v) is 6.24. The minimum atomic E-state index is 0.437. The van der Waals surface area contributed by atoms with Crippen LogP contribution in [0.1, 0.15) is 31.4 Å². The van der Waals surface area contributed by atoms with Crippen molar-refractivity contribution in [1.29, 1.82) is 0 Å². The van der Waals surface area contributed by atoms with Gasteiger partial charge in [0, 0.05) is 23.8 Å². The number of nitrogens with zero attached hydrogens (tertiary/aromatic N) is 1. The van der Waals surface area contributed by atoms with Crippen LogP contribution in [0.4, 0.5) is 0 Å². The molecule has 17 heavy (non-hydrogen) atoms. The van der Waals surface area contributed by atoms with Crippen LogP contribution in [-0.2, 0) is 0 Å². The Hall–Kier alpha value is -1.41. The molecule has 2 nitrogen and oxygen atoms in total. The highest BCUT2D eigenvalue weighted by atomic mass is 14.9. The largest absolute Gasteiger partial charge is 0.313 e. The monoisotopic (exact) mass is 226 g/mol. The van der Waals surface area contributed by atoms with Gasteiger partial charge in [-0.05, 0) is 42.3 Å². The molecule has 0 radical (unpaired) electrons. The first-order valence-electron chi connectivity index (χ1n) is 6.24. The maximum absolute atomic E-state index is 4.20. The van der Waals surface area contributed by atoms with Gasteiger partial charge in [-0.3, -0.25) is 4.98 Å². The Morgan fingerprint density at radius 1 is 1.29 bits per heavy atom. The Kier molecular flexibility index (Phi) is 2.40. The molecule has 1 unspecified atom stereocenters. The van der Waals surface area contributed by atoms with Crippen LogP contribution in [0.25, 0.3) is 10.8 Å². The van der Waals surface area contributed by atoms with Gasteiger partial charge in [-0.15, -0.1) is 0 Å². The predicted molar refractivity (Wildman–Crippen MR) is 70.9 cm³/mol. The Labute approximate surface area is 102 Å². The minimum absolute atomic E-state index is 0.437. The SMILES string of the molecule is CNC(c1cccc2cnccc12)C1(C)CC1. The van der Waals surface area contributed by atoms with Crippen LogP contribution in [0.15, 0.2) is 36.7 Å². The summed E-state index contributed by atoms with van der Waals surface area (Å²) in [7, 11) is 2.06. The molecule has 1 aliphatic carbocycles. The van der Waals surface area contributed by atoms with Gasteiger partial charge in [0.05, 0.1) is 0 Å². The third-order valence-corrected chi connectivity index (χ3v) is 4.05. The van der Waals surface area contributed by atoms with E-state index >= 15 is 0 Å². The van der Waals surface area contributed by atoms with E-state index in [2.05, 4.69) is 48.5 Å². The summed E-state index contributed by atoms with van der Waals surface area (Å²) in [6.07, 6.45) is 6.47. The van der Waals surface area contributed by atoms with Crippen molar-refractivity contribution in [2.45, 2.75) is 25.8 Å². The molecule has 1 saturated carbocycles. The van der Waals surface area contributed by atoms with Gasteiger partial charge in [0.2, 0.25) is 0 Å². The molecule has 1 N–H and O–H groups in total. The molecule has 1 heterocycles. The number of nitrogens with one attached hydrogen (secondary N) is 1. The highest BCUT2D eigenvalue weighted by Crippen LogP contribution is 2.55. The highest BCUT2D eigenvalue weighted by molar-refractivity contribution is 5.85. The van der Waals surface area contributed by atoms with Crippen molar-refractivity contribution in [2.75, 3.05) is 7.05 Å². The fourth-order valence-electron chi connectivity index (χ4n) is 2.76. The van der Waals surface area contributed by atoms with Gasteiger partial charge in [-0.2, -0.15) is 0 Å². The second kappa shape index (κ2) is 3.81. The first kappa shape index (κ1) is 10.7. The minimum Gasteiger partial charge on any atom is -0.313 e. The molecule has 0 spiro atoms. The normalized spacial score (nSPS) is 19.2. The molecule has 2 heteroatoms. The zero-order valence-corrected chi connectivity index (χ0v) is 10.4. The van der Waals surface area contributed by atoms with Gasteiger partial charge in [-0.25, -0.2) is 0 Å². The summed E-state index contributed by atoms with van der Waals surface area (Å²) < 4.78 is 0. The number of pyridine rings is 1. The average Bonchev–Trinajstić information content (AvgIpc) is 3.09. The maximum Gasteiger partial charge on any atom is 0.0378 e. The number of hydrogen-bond donors (Lipinski definition) is 1. The molecule has 0 aliphatic heterocycles. The summed E-state index contributed by atoms with van der Waals surface area (Å²) in [5, 5.41) is 6.05. The van der Waals surface area contributed by atoms with Gasteiger partial charge < -0.3 is 5.32 Å². The van der Waals surface area contributed by atoms with Crippen LogP contribution in [-0.4, -0.2) is 12.0 Å². The Balaban J connectivity index is 2.16. The van der Waals surface area contributed by atoms with Gasteiger partial charge in [-0.1, -0.05) is 25.1 Å². The lowest BCUT2D eigenvalue weighted by Gasteiger charge is -2.24. The number of fused-ring (bicyclic) bond motifs is 1. The van der Waals surface area contributed by atoms with E-state index in [1.165, 1.54) is 29.2 Å². The lowest BCUT2D eigenvalue weighted by Crippen LogP contribution is -2.24. The zero-order valence-electron chi connectivity index (χ0n) is 10.4. The second-order valence-corrected chi connectivity index (χ2v) is 5.32. The van der Waals surface area contributed by atoms with Crippen molar-refractivity contribution in [3.63, 3.8) is 0 Å². The van der Waals surface area contributed by atoms with E-state index in [-0.39, 0.29) is 0 Å². The van der Waals surface area contributed by atoms with Crippen LogP contribution >= 0.6 is 0 Å². The number of benzene rings is 1. The van der Waals surface area contributed by atoms with Crippen molar-refractivity contribution in [1.82, 2.24) is 10.3 Å². The van der Waals surface area contributed by atoms with Gasteiger partial charge >= 0.3 is 0 Å². The van der Waals surface area contributed by atoms with Crippen molar-refractivity contribution in [2.24, 2.45) is 5.41 Å². The van der Waals surface area contributed by atoms with Crippen LogP contribution in [0.2, 0.25) is 0 Å². The predicted octanol–water partition coefficient (Wildman–Crippen LogP) is 3.30. The smallest absolute Gasteiger partial charge is 0.0378 e. The first-order chi connectivity index (χ1) is 8.24. The summed E-state index contributed by atoms with van der Waals surface area (Å²) in [6, 6.07) is 9.09. The Morgan fingerprint density at radius 2 is 2.12 bits per heavy atom. The molecular weight excluding hydrogens is 208 g/mol. The van der Waals surface area contributed by atoms with E-state index in [1.54, 1.807) is 0 Å². The lowest BCUT2D eigenvalue weighted by atomic mass is 9.89. The average molecular weight is 226 g/mol. The summed E-state index contributed by atoms with van der Waals surface area (Å²) in [5.41, 5.74) is 1.85. The zero-order chi connectivity index (χ0) is 11.9. The molecule has 1 aliphatic rings. The number of aromatic nitrogens is 1. The Morgan fingerprint density at radius 3 is 2.82 bits per heavy atom. The third-order valence-electron chi connectivity index (χ3n) is 4.05. The fraction of sp³-hybridized carbons (Fsp3) is 0.400. The quantitative estimate of drug-likeness (QED) is 0.868. The summed E-state index contributed by atoms with van der Waals surface area (Å²) in [4.78, 5) is 4.20. The van der Waals surface area contributed by atoms with Gasteiger partial charge in [0.25, 0.3) is 0 Å². The molecule has 1 aromatic carbocycles. The second-order valence-electron chi connectivity index (χ2n) is 5.32. The Bertz CT molecular complexity index is 538. The summed E-state index contributed by atoms with van der Waals surface area (Å²) >= 11 is 0. The molecule has 2 aromatic rings. The van der Waals surface area contributed by atoms with Crippen molar-refractivity contribution < 1.29 is 0 Å². The summed E-state index contributed by atoms with van der Waals surface area (Å²) in [5.74, 6) is 0. The molecule has 0 amide bonds. The molecule has 3 rings (SSSR count). The molecule has 1 fully saturated rings. The molecule has 0 saturated heterocycles. The van der Waals surface area contributed by atoms with Crippen molar-refractivity contribution in [3.05, 3.63) is 42.2 Å². The topological polar surface area (TPSA) is 24.9 Å². The standard InChI is InChI=1S/C15H18N2/c1-15(7-8-15)14(16-2)13-5-3-4-11-10-17-9-6-12(11)13/h3-6,9-10,14,16H,7-8H2,1-2H3. The lowest BCUT2D eigenvalue weighted by molar-refractivity contribution is 0.393. The van der Waals surface area contributed by atoms with Crippen LogP contribution in [0.5, 0.6) is 0 Å². The van der Waals surface area contributed by atoms with E-state index in [4.69, 9.17) is 0 Å². The van der Waals surface area contributed by atoms with Crippen LogP contribution in [0, 0.1) is 5.41 Å². The fourth-order valence-corrected chi connectivity index (χ4v) is 2.76. The third kappa shape index (κ3) is 1.73. The van der Waals surface area contributed by atoms with E-state index < -0.39 is 0 Å². The van der Waals surface area contributed by atoms with E-state index in [0.717, 1.165) is 0 Å². The molecule has 1 atom stereocenters. The molecule has 88 valence electrons. The van der Waals surface area contributed by atoms with E-state index in [1.807, 2.05) is 12.4 Å². The van der Waals surface area contributed by atoms with Gasteiger partial charge in [0.15, 0.2) is 0 Å².